The van der Waals surface area contributed by atoms with Crippen LogP contribution in [0.4, 0.5) is 4.39 Å². The topological polar surface area (TPSA) is 84.6 Å². The molecular formula is C22H15FN2O4. The summed E-state index contributed by atoms with van der Waals surface area (Å²) in [6.07, 6.45) is 0.850. The molecule has 1 aliphatic heterocycles. The first kappa shape index (κ1) is 17.4. The predicted molar refractivity (Wildman–Crippen MR) is 103 cm³/mol. The molecule has 7 heteroatoms. The summed E-state index contributed by atoms with van der Waals surface area (Å²) in [6.45, 7) is 0.672. The molecule has 0 bridgehead atoms. The van der Waals surface area contributed by atoms with E-state index in [1.165, 1.54) is 18.2 Å². The van der Waals surface area contributed by atoms with Crippen molar-refractivity contribution >= 4 is 17.0 Å². The summed E-state index contributed by atoms with van der Waals surface area (Å²) >= 11 is 0. The minimum Gasteiger partial charge on any atom is -0.493 e. The number of aromatic nitrogens is 1. The summed E-state index contributed by atoms with van der Waals surface area (Å²) in [5.41, 5.74) is 5.60. The number of fused-ring (bicyclic) bond motifs is 2. The molecule has 4 aromatic rings. The van der Waals surface area contributed by atoms with Gasteiger partial charge in [-0.1, -0.05) is 12.1 Å². The van der Waals surface area contributed by atoms with Gasteiger partial charge >= 0.3 is 0 Å². The molecule has 3 aromatic carbocycles. The first-order valence-electron chi connectivity index (χ1n) is 9.03. The molecule has 1 amide bonds. The standard InChI is InChI=1S/C22H15FN2O4/c23-17-10-13(12-2-5-19-14(9-12)7-8-28-19)1-4-16(17)22-24-18-11-15(21(26)25-27)3-6-20(18)29-22/h1-6,9-11,27H,7-8H2,(H,25,26). The van der Waals surface area contributed by atoms with Gasteiger partial charge in [-0.2, -0.15) is 0 Å². The smallest absolute Gasteiger partial charge is 0.274 e. The van der Waals surface area contributed by atoms with Gasteiger partial charge in [0.1, 0.15) is 17.1 Å². The van der Waals surface area contributed by atoms with E-state index in [1.807, 2.05) is 24.3 Å². The number of rotatable bonds is 3. The van der Waals surface area contributed by atoms with Crippen molar-refractivity contribution < 1.29 is 23.5 Å². The fourth-order valence-corrected chi connectivity index (χ4v) is 3.48. The van der Waals surface area contributed by atoms with Crippen LogP contribution in [0, 0.1) is 5.82 Å². The van der Waals surface area contributed by atoms with Crippen LogP contribution in [0.2, 0.25) is 0 Å². The van der Waals surface area contributed by atoms with Crippen molar-refractivity contribution in [3.05, 3.63) is 71.5 Å². The van der Waals surface area contributed by atoms with Crippen LogP contribution in [0.1, 0.15) is 15.9 Å². The molecule has 0 fully saturated rings. The molecule has 0 saturated carbocycles. The van der Waals surface area contributed by atoms with Gasteiger partial charge in [0.05, 0.1) is 12.2 Å². The van der Waals surface area contributed by atoms with Crippen molar-refractivity contribution in [2.24, 2.45) is 0 Å². The maximum atomic E-state index is 14.9. The van der Waals surface area contributed by atoms with Gasteiger partial charge in [0.2, 0.25) is 5.89 Å². The Morgan fingerprint density at radius 1 is 1.07 bits per heavy atom. The Balaban J connectivity index is 1.51. The highest BCUT2D eigenvalue weighted by Crippen LogP contribution is 2.33. The van der Waals surface area contributed by atoms with E-state index in [2.05, 4.69) is 4.98 Å². The van der Waals surface area contributed by atoms with E-state index in [0.717, 1.165) is 28.9 Å². The molecule has 0 radical (unpaired) electrons. The van der Waals surface area contributed by atoms with E-state index >= 15 is 0 Å². The molecule has 2 heterocycles. The Bertz CT molecular complexity index is 1270. The quantitative estimate of drug-likeness (QED) is 0.401. The Morgan fingerprint density at radius 2 is 1.90 bits per heavy atom. The fourth-order valence-electron chi connectivity index (χ4n) is 3.48. The number of hydrogen-bond acceptors (Lipinski definition) is 5. The lowest BCUT2D eigenvalue weighted by Gasteiger charge is -2.06. The second-order valence-corrected chi connectivity index (χ2v) is 6.76. The number of ether oxygens (including phenoxy) is 1. The van der Waals surface area contributed by atoms with Crippen molar-refractivity contribution in [1.82, 2.24) is 10.5 Å². The summed E-state index contributed by atoms with van der Waals surface area (Å²) in [5.74, 6) is -0.120. The molecule has 6 nitrogen and oxygen atoms in total. The van der Waals surface area contributed by atoms with Crippen LogP contribution in [0.25, 0.3) is 33.7 Å². The van der Waals surface area contributed by atoms with Gasteiger partial charge in [-0.3, -0.25) is 10.0 Å². The zero-order valence-corrected chi connectivity index (χ0v) is 15.1. The lowest BCUT2D eigenvalue weighted by Crippen LogP contribution is -2.18. The average Bonchev–Trinajstić information content (AvgIpc) is 3.38. The van der Waals surface area contributed by atoms with Gasteiger partial charge in [0.25, 0.3) is 5.91 Å². The Labute approximate surface area is 164 Å². The Kier molecular flexibility index (Phi) is 4.03. The van der Waals surface area contributed by atoms with Gasteiger partial charge in [0.15, 0.2) is 5.58 Å². The second kappa shape index (κ2) is 6.72. The fraction of sp³-hybridized carbons (Fsp3) is 0.0909. The van der Waals surface area contributed by atoms with Crippen LogP contribution >= 0.6 is 0 Å². The third kappa shape index (κ3) is 3.01. The SMILES string of the molecule is O=C(NO)c1ccc2oc(-c3ccc(-c4ccc5c(c4)CCO5)cc3F)nc2c1. The number of nitrogens with zero attached hydrogens (tertiary/aromatic N) is 1. The van der Waals surface area contributed by atoms with Crippen LogP contribution in [0.15, 0.2) is 59.0 Å². The molecule has 0 spiro atoms. The van der Waals surface area contributed by atoms with E-state index < -0.39 is 11.7 Å². The number of carbonyl (C=O) groups excluding carboxylic acids is 1. The predicted octanol–water partition coefficient (Wildman–Crippen LogP) is 4.35. The number of nitrogens with one attached hydrogen (secondary N) is 1. The summed E-state index contributed by atoms with van der Waals surface area (Å²) in [4.78, 5) is 15.8. The largest absolute Gasteiger partial charge is 0.493 e. The zero-order valence-electron chi connectivity index (χ0n) is 15.1. The normalized spacial score (nSPS) is 12.6. The van der Waals surface area contributed by atoms with Crippen molar-refractivity contribution in [2.45, 2.75) is 6.42 Å². The van der Waals surface area contributed by atoms with Crippen molar-refractivity contribution in [1.29, 1.82) is 0 Å². The third-order valence-corrected chi connectivity index (χ3v) is 4.97. The Hall–Kier alpha value is -3.71. The lowest BCUT2D eigenvalue weighted by atomic mass is 10.0. The molecule has 0 saturated heterocycles. The first-order valence-corrected chi connectivity index (χ1v) is 9.03. The molecule has 5 rings (SSSR count). The molecule has 1 aromatic heterocycles. The summed E-state index contributed by atoms with van der Waals surface area (Å²) in [6, 6.07) is 15.2. The Morgan fingerprint density at radius 3 is 2.72 bits per heavy atom. The van der Waals surface area contributed by atoms with Crippen LogP contribution in [-0.2, 0) is 6.42 Å². The monoisotopic (exact) mass is 390 g/mol. The molecule has 0 atom stereocenters. The van der Waals surface area contributed by atoms with Gasteiger partial charge < -0.3 is 9.15 Å². The van der Waals surface area contributed by atoms with Gasteiger partial charge in [-0.05, 0) is 59.2 Å². The summed E-state index contributed by atoms with van der Waals surface area (Å²) in [5, 5.41) is 8.75. The van der Waals surface area contributed by atoms with E-state index in [1.54, 1.807) is 17.6 Å². The molecule has 0 unspecified atom stereocenters. The van der Waals surface area contributed by atoms with Crippen molar-refractivity contribution in [3.63, 3.8) is 0 Å². The number of oxazole rings is 1. The van der Waals surface area contributed by atoms with Gasteiger partial charge in [-0.15, -0.1) is 0 Å². The van der Waals surface area contributed by atoms with E-state index in [4.69, 9.17) is 14.4 Å². The summed E-state index contributed by atoms with van der Waals surface area (Å²) < 4.78 is 26.0. The van der Waals surface area contributed by atoms with Crippen molar-refractivity contribution in [2.75, 3.05) is 6.61 Å². The highest BCUT2D eigenvalue weighted by molar-refractivity contribution is 5.96. The number of carbonyl (C=O) groups is 1. The number of halogens is 1. The molecule has 0 aliphatic carbocycles. The van der Waals surface area contributed by atoms with Crippen LogP contribution < -0.4 is 10.2 Å². The van der Waals surface area contributed by atoms with E-state index in [9.17, 15) is 9.18 Å². The van der Waals surface area contributed by atoms with Crippen molar-refractivity contribution in [3.8, 4) is 28.3 Å². The second-order valence-electron chi connectivity index (χ2n) is 6.76. The maximum absolute atomic E-state index is 14.9. The van der Waals surface area contributed by atoms with E-state index in [0.29, 0.717) is 17.7 Å². The van der Waals surface area contributed by atoms with E-state index in [-0.39, 0.29) is 17.0 Å². The molecule has 2 N–H and O–H groups in total. The highest BCUT2D eigenvalue weighted by Gasteiger charge is 2.17. The first-order chi connectivity index (χ1) is 14.1. The number of hydroxylamine groups is 1. The highest BCUT2D eigenvalue weighted by atomic mass is 19.1. The number of hydrogen-bond donors (Lipinski definition) is 2. The third-order valence-electron chi connectivity index (χ3n) is 4.97. The van der Waals surface area contributed by atoms with Gasteiger partial charge in [-0.25, -0.2) is 14.9 Å². The summed E-state index contributed by atoms with van der Waals surface area (Å²) in [7, 11) is 0. The minimum absolute atomic E-state index is 0.118. The number of benzene rings is 3. The van der Waals surface area contributed by atoms with Gasteiger partial charge in [0, 0.05) is 12.0 Å². The lowest BCUT2D eigenvalue weighted by molar-refractivity contribution is 0.0706. The molecule has 144 valence electrons. The molecule has 1 aliphatic rings. The minimum atomic E-state index is -0.660. The molecule has 29 heavy (non-hydrogen) atoms. The number of amides is 1. The van der Waals surface area contributed by atoms with Crippen LogP contribution in [0.5, 0.6) is 5.75 Å². The zero-order chi connectivity index (χ0) is 20.0. The maximum Gasteiger partial charge on any atom is 0.274 e. The van der Waals surface area contributed by atoms with Crippen LogP contribution in [-0.4, -0.2) is 22.7 Å². The molecular weight excluding hydrogens is 375 g/mol. The average molecular weight is 390 g/mol. The van der Waals surface area contributed by atoms with Crippen LogP contribution in [0.3, 0.4) is 0 Å².